The van der Waals surface area contributed by atoms with Crippen LogP contribution in [0.25, 0.3) is 22.1 Å². The predicted molar refractivity (Wildman–Crippen MR) is 97.1 cm³/mol. The molecule has 2 N–H and O–H groups in total. The second kappa shape index (κ2) is 5.49. The Bertz CT molecular complexity index is 1140. The van der Waals surface area contributed by atoms with E-state index in [0.717, 1.165) is 46.3 Å². The Morgan fingerprint density at radius 2 is 1.04 bits per heavy atom. The van der Waals surface area contributed by atoms with Crippen LogP contribution < -0.4 is 0 Å². The van der Waals surface area contributed by atoms with Gasteiger partial charge in [-0.2, -0.15) is 0 Å². The Morgan fingerprint density at radius 1 is 0.615 bits per heavy atom. The Morgan fingerprint density at radius 3 is 1.50 bits per heavy atom. The molecule has 6 nitrogen and oxygen atoms in total. The van der Waals surface area contributed by atoms with Crippen LogP contribution in [0.5, 0.6) is 0 Å². The zero-order chi connectivity index (χ0) is 17.7. The van der Waals surface area contributed by atoms with Crippen molar-refractivity contribution in [3.8, 4) is 0 Å². The fraction of sp³-hybridized carbons (Fsp3) is 0.100. The van der Waals surface area contributed by atoms with E-state index in [1.54, 1.807) is 12.1 Å². The quantitative estimate of drug-likeness (QED) is 0.614. The normalized spacial score (nSPS) is 14.0. The number of aromatic amines is 2. The molecule has 26 heavy (non-hydrogen) atoms. The predicted octanol–water partition coefficient (Wildman–Crippen LogP) is 3.17. The molecule has 3 aromatic rings. The Hall–Kier alpha value is -3.54. The van der Waals surface area contributed by atoms with Crippen LogP contribution in [0, 0.1) is 0 Å². The van der Waals surface area contributed by atoms with Gasteiger partial charge in [0.2, 0.25) is 0 Å². The minimum atomic E-state index is -0.585. The highest BCUT2D eigenvalue weighted by molar-refractivity contribution is 6.50. The van der Waals surface area contributed by atoms with Crippen molar-refractivity contribution in [2.24, 2.45) is 0 Å². The van der Waals surface area contributed by atoms with E-state index in [0.29, 0.717) is 0 Å². The van der Waals surface area contributed by atoms with Crippen LogP contribution in [0.3, 0.4) is 0 Å². The van der Waals surface area contributed by atoms with Gasteiger partial charge >= 0.3 is 0 Å². The summed E-state index contributed by atoms with van der Waals surface area (Å²) in [6.45, 7) is 0. The minimum absolute atomic E-state index is 0.147. The number of rotatable bonds is 0. The van der Waals surface area contributed by atoms with Gasteiger partial charge in [0, 0.05) is 33.5 Å². The van der Waals surface area contributed by atoms with Gasteiger partial charge in [-0.3, -0.25) is 14.6 Å². The molecule has 2 aliphatic rings. The average molecular weight is 342 g/mol. The fourth-order valence-corrected chi connectivity index (χ4v) is 3.27. The average Bonchev–Trinajstić information content (AvgIpc) is 3.38. The molecule has 0 aromatic carbocycles. The van der Waals surface area contributed by atoms with Crippen LogP contribution in [-0.4, -0.2) is 31.5 Å². The van der Waals surface area contributed by atoms with Crippen LogP contribution in [0.15, 0.2) is 48.5 Å². The van der Waals surface area contributed by atoms with Gasteiger partial charge in [-0.15, -0.1) is 0 Å². The maximum absolute atomic E-state index is 12.2. The van der Waals surface area contributed by atoms with Crippen LogP contribution in [0.2, 0.25) is 0 Å². The fourth-order valence-electron chi connectivity index (χ4n) is 3.27. The van der Waals surface area contributed by atoms with Gasteiger partial charge in [0.15, 0.2) is 0 Å². The zero-order valence-corrected chi connectivity index (χ0v) is 13.7. The number of nitrogens with zero attached hydrogens (tertiary/aromatic N) is 2. The Labute approximate surface area is 148 Å². The van der Waals surface area contributed by atoms with Gasteiger partial charge in [-0.05, 0) is 61.4 Å². The lowest BCUT2D eigenvalue weighted by atomic mass is 10.2. The molecule has 0 aliphatic carbocycles. The first kappa shape index (κ1) is 14.8. The molecule has 126 valence electrons. The maximum Gasteiger partial charge on any atom is 0.253 e. The smallest absolute Gasteiger partial charge is 0.253 e. The van der Waals surface area contributed by atoms with Crippen molar-refractivity contribution in [2.75, 3.05) is 0 Å². The Balaban J connectivity index is 1.86. The van der Waals surface area contributed by atoms with Crippen LogP contribution in [0.1, 0.15) is 32.4 Å². The number of Topliss-reactive ketones (excluding diaryl/α,β-unsaturated/α-hetero) is 2. The summed E-state index contributed by atoms with van der Waals surface area (Å²) in [5, 5.41) is 0. The highest BCUT2D eigenvalue weighted by Gasteiger charge is 2.26. The van der Waals surface area contributed by atoms with E-state index in [4.69, 9.17) is 0 Å². The van der Waals surface area contributed by atoms with Crippen molar-refractivity contribution in [2.45, 2.75) is 12.8 Å². The molecule has 5 heterocycles. The molecule has 0 saturated carbocycles. The van der Waals surface area contributed by atoms with Gasteiger partial charge in [0.05, 0.1) is 0 Å². The molecule has 0 unspecified atom stereocenters. The Kier molecular flexibility index (Phi) is 3.12. The van der Waals surface area contributed by atoms with Crippen LogP contribution >= 0.6 is 0 Å². The van der Waals surface area contributed by atoms with Crippen molar-refractivity contribution in [3.63, 3.8) is 0 Å². The summed E-state index contributed by atoms with van der Waals surface area (Å²) in [6, 6.07) is 14.8. The SMILES string of the molecule is O=C1C(=O)c2cc3ccc(cc4nc(cc5ccc(cc1n2)[nH]5)CC4)[nH]3. The molecule has 0 atom stereocenters. The lowest BCUT2D eigenvalue weighted by Crippen LogP contribution is -2.06. The number of aryl methyl sites for hydroxylation is 2. The first-order valence-electron chi connectivity index (χ1n) is 8.39. The van der Waals surface area contributed by atoms with Crippen molar-refractivity contribution < 1.29 is 9.59 Å². The van der Waals surface area contributed by atoms with Crippen molar-refractivity contribution in [1.29, 1.82) is 0 Å². The van der Waals surface area contributed by atoms with Crippen LogP contribution in [-0.2, 0) is 12.8 Å². The van der Waals surface area contributed by atoms with Crippen LogP contribution in [0.4, 0.5) is 0 Å². The first-order chi connectivity index (χ1) is 12.6. The monoisotopic (exact) mass is 342 g/mol. The molecule has 0 radical (unpaired) electrons. The van der Waals surface area contributed by atoms with Gasteiger partial charge < -0.3 is 9.97 Å². The lowest BCUT2D eigenvalue weighted by Gasteiger charge is -1.85. The molecule has 0 amide bonds. The number of carbonyl (C=O) groups is 2. The third kappa shape index (κ3) is 2.52. The number of H-pyrrole nitrogens is 2. The summed E-state index contributed by atoms with van der Waals surface area (Å²) in [4.78, 5) is 39.7. The minimum Gasteiger partial charge on any atom is -0.355 e. The van der Waals surface area contributed by atoms with E-state index in [9.17, 15) is 9.59 Å². The molecule has 2 aliphatic heterocycles. The molecular weight excluding hydrogens is 328 g/mol. The summed E-state index contributed by atoms with van der Waals surface area (Å²) >= 11 is 0. The topological polar surface area (TPSA) is 91.5 Å². The second-order valence-corrected chi connectivity index (χ2v) is 6.45. The molecule has 0 fully saturated rings. The molecule has 5 rings (SSSR count). The van der Waals surface area contributed by atoms with Gasteiger partial charge in [0.25, 0.3) is 11.6 Å². The van der Waals surface area contributed by atoms with Gasteiger partial charge in [-0.1, -0.05) is 0 Å². The van der Waals surface area contributed by atoms with E-state index >= 15 is 0 Å². The van der Waals surface area contributed by atoms with Crippen molar-refractivity contribution in [3.05, 3.63) is 71.3 Å². The molecular formula is C20H14N4O2. The number of hydrogen-bond donors (Lipinski definition) is 2. The first-order valence-corrected chi connectivity index (χ1v) is 8.39. The number of nitrogens with one attached hydrogen (secondary N) is 2. The zero-order valence-electron chi connectivity index (χ0n) is 13.7. The molecule has 3 aromatic heterocycles. The summed E-state index contributed by atoms with van der Waals surface area (Å²) in [5.74, 6) is -1.17. The van der Waals surface area contributed by atoms with E-state index < -0.39 is 11.6 Å². The highest BCUT2D eigenvalue weighted by Crippen LogP contribution is 2.16. The van der Waals surface area contributed by atoms with E-state index in [-0.39, 0.29) is 11.4 Å². The summed E-state index contributed by atoms with van der Waals surface area (Å²) in [5.41, 5.74) is 5.56. The second-order valence-electron chi connectivity index (χ2n) is 6.45. The van der Waals surface area contributed by atoms with Crippen molar-refractivity contribution >= 4 is 33.6 Å². The van der Waals surface area contributed by atoms with Crippen molar-refractivity contribution in [1.82, 2.24) is 19.9 Å². The third-order valence-electron chi connectivity index (χ3n) is 4.53. The number of hydrogen-bond acceptors (Lipinski definition) is 4. The molecule has 8 bridgehead atoms. The maximum atomic E-state index is 12.2. The van der Waals surface area contributed by atoms with Gasteiger partial charge in [0.1, 0.15) is 11.4 Å². The highest BCUT2D eigenvalue weighted by atomic mass is 16.2. The summed E-state index contributed by atoms with van der Waals surface area (Å²) < 4.78 is 0. The number of carbonyl (C=O) groups excluding carboxylic acids is 2. The molecule has 6 heteroatoms. The largest absolute Gasteiger partial charge is 0.355 e. The van der Waals surface area contributed by atoms with Gasteiger partial charge in [-0.25, -0.2) is 4.98 Å². The molecule has 0 saturated heterocycles. The number of aromatic nitrogens is 4. The van der Waals surface area contributed by atoms with E-state index in [1.165, 1.54) is 0 Å². The standard InChI is InChI=1S/C20H14N4O2/c25-19-17-9-15-5-3-13(22-15)7-11-1-2-12(21-11)8-14-4-6-16(23-14)10-18(24-17)20(19)26/h3-10,22-23H,1-2H2. The van der Waals surface area contributed by atoms with E-state index in [1.807, 2.05) is 36.4 Å². The summed E-state index contributed by atoms with van der Waals surface area (Å²) in [7, 11) is 0. The molecule has 0 spiro atoms. The summed E-state index contributed by atoms with van der Waals surface area (Å²) in [6.07, 6.45) is 1.78. The third-order valence-corrected chi connectivity index (χ3v) is 4.53. The number of fused-ring (bicyclic) bond motifs is 8. The lowest BCUT2D eigenvalue weighted by molar-refractivity contribution is 0.0825. The van der Waals surface area contributed by atoms with E-state index in [2.05, 4.69) is 19.9 Å². The number of ketones is 2.